The van der Waals surface area contributed by atoms with Crippen LogP contribution >= 0.6 is 0 Å². The highest BCUT2D eigenvalue weighted by atomic mass is 15.2. The molecule has 2 fully saturated rings. The Morgan fingerprint density at radius 3 is 2.56 bits per heavy atom. The topological polar surface area (TPSA) is 15.3 Å². The first-order valence-electron chi connectivity index (χ1n) is 7.11. The molecule has 2 nitrogen and oxygen atoms in total. The monoisotopic (exact) mass is 224 g/mol. The summed E-state index contributed by atoms with van der Waals surface area (Å²) in [4.78, 5) is 2.72. The van der Waals surface area contributed by atoms with Crippen molar-refractivity contribution in [1.82, 2.24) is 10.2 Å². The summed E-state index contributed by atoms with van der Waals surface area (Å²) in [6.45, 7) is 12.1. The zero-order valence-corrected chi connectivity index (χ0v) is 11.2. The molecular formula is C14H28N2. The van der Waals surface area contributed by atoms with Crippen LogP contribution in [0.2, 0.25) is 0 Å². The van der Waals surface area contributed by atoms with Crippen LogP contribution in [0.25, 0.3) is 0 Å². The molecule has 0 radical (unpaired) electrons. The molecular weight excluding hydrogens is 196 g/mol. The van der Waals surface area contributed by atoms with Gasteiger partial charge >= 0.3 is 0 Å². The van der Waals surface area contributed by atoms with Gasteiger partial charge in [0, 0.05) is 12.6 Å². The lowest BCUT2D eigenvalue weighted by Crippen LogP contribution is -2.34. The molecule has 1 heterocycles. The third-order valence-corrected chi connectivity index (χ3v) is 4.18. The first-order valence-corrected chi connectivity index (χ1v) is 7.11. The minimum Gasteiger partial charge on any atom is -0.316 e. The van der Waals surface area contributed by atoms with Crippen molar-refractivity contribution in [3.63, 3.8) is 0 Å². The maximum Gasteiger partial charge on any atom is 0.00953 e. The molecule has 2 heteroatoms. The molecule has 94 valence electrons. The van der Waals surface area contributed by atoms with Crippen LogP contribution in [0.15, 0.2) is 0 Å². The van der Waals surface area contributed by atoms with Crippen molar-refractivity contribution in [2.75, 3.05) is 26.2 Å². The molecule has 0 aromatic heterocycles. The van der Waals surface area contributed by atoms with Gasteiger partial charge in [0.25, 0.3) is 0 Å². The Bertz CT molecular complexity index is 211. The second kappa shape index (κ2) is 5.50. The van der Waals surface area contributed by atoms with E-state index in [0.717, 1.165) is 23.8 Å². The van der Waals surface area contributed by atoms with Crippen molar-refractivity contribution in [1.29, 1.82) is 0 Å². The fourth-order valence-electron chi connectivity index (χ4n) is 2.85. The Labute approximate surface area is 101 Å². The van der Waals surface area contributed by atoms with E-state index < -0.39 is 0 Å². The van der Waals surface area contributed by atoms with Gasteiger partial charge in [-0.1, -0.05) is 13.8 Å². The van der Waals surface area contributed by atoms with Gasteiger partial charge in [-0.2, -0.15) is 0 Å². The Balaban J connectivity index is 1.63. The van der Waals surface area contributed by atoms with E-state index in [9.17, 15) is 0 Å². The summed E-state index contributed by atoms with van der Waals surface area (Å²) in [6.07, 6.45) is 4.37. The molecule has 2 atom stereocenters. The number of likely N-dealkylation sites (tertiary alicyclic amines) is 1. The predicted octanol–water partition coefficient (Wildman–Crippen LogP) is 2.35. The molecule has 16 heavy (non-hydrogen) atoms. The molecule has 0 bridgehead atoms. The molecule has 0 aromatic rings. The summed E-state index contributed by atoms with van der Waals surface area (Å²) in [7, 11) is 0. The van der Waals surface area contributed by atoms with Crippen LogP contribution in [0.1, 0.15) is 40.0 Å². The van der Waals surface area contributed by atoms with E-state index in [1.807, 2.05) is 0 Å². The van der Waals surface area contributed by atoms with E-state index in [2.05, 4.69) is 31.0 Å². The van der Waals surface area contributed by atoms with Crippen molar-refractivity contribution in [2.45, 2.75) is 46.1 Å². The summed E-state index contributed by atoms with van der Waals surface area (Å²) in [5.74, 6) is 2.71. The molecule has 0 amide bonds. The van der Waals surface area contributed by atoms with Gasteiger partial charge in [-0.3, -0.25) is 0 Å². The molecule has 2 rings (SSSR count). The van der Waals surface area contributed by atoms with Crippen LogP contribution in [0.5, 0.6) is 0 Å². The zero-order valence-electron chi connectivity index (χ0n) is 11.2. The second-order valence-corrected chi connectivity index (χ2v) is 6.28. The number of nitrogens with zero attached hydrogens (tertiary/aromatic N) is 1. The number of nitrogens with one attached hydrogen (secondary N) is 1. The largest absolute Gasteiger partial charge is 0.316 e. The average Bonchev–Trinajstić information content (AvgIpc) is 2.97. The Kier molecular flexibility index (Phi) is 4.26. The van der Waals surface area contributed by atoms with Gasteiger partial charge in [0.05, 0.1) is 0 Å². The van der Waals surface area contributed by atoms with Crippen molar-refractivity contribution < 1.29 is 0 Å². The van der Waals surface area contributed by atoms with Crippen LogP contribution < -0.4 is 5.32 Å². The Morgan fingerprint density at radius 1 is 1.19 bits per heavy atom. The van der Waals surface area contributed by atoms with Crippen LogP contribution in [-0.2, 0) is 0 Å². The van der Waals surface area contributed by atoms with Gasteiger partial charge in [0.2, 0.25) is 0 Å². The molecule has 0 spiro atoms. The predicted molar refractivity (Wildman–Crippen MR) is 69.6 cm³/mol. The standard InChI is InChI=1S/C14H28N2/c1-11(2)8-15-9-13-6-7-16(10-13)12(3)14-4-5-14/h11-15H,4-10H2,1-3H3. The fraction of sp³-hybridized carbons (Fsp3) is 1.00. The van der Waals surface area contributed by atoms with Gasteiger partial charge < -0.3 is 10.2 Å². The maximum atomic E-state index is 3.60. The molecule has 2 aliphatic rings. The number of rotatable bonds is 6. The first kappa shape index (κ1) is 12.4. The quantitative estimate of drug-likeness (QED) is 0.745. The van der Waals surface area contributed by atoms with Gasteiger partial charge in [-0.05, 0) is 63.6 Å². The smallest absolute Gasteiger partial charge is 0.00953 e. The molecule has 1 aliphatic carbocycles. The highest BCUT2D eigenvalue weighted by Crippen LogP contribution is 2.36. The molecule has 1 aliphatic heterocycles. The van der Waals surface area contributed by atoms with Gasteiger partial charge in [0.15, 0.2) is 0 Å². The highest BCUT2D eigenvalue weighted by molar-refractivity contribution is 4.89. The number of hydrogen-bond acceptors (Lipinski definition) is 2. The average molecular weight is 224 g/mol. The van der Waals surface area contributed by atoms with Crippen molar-refractivity contribution in [2.24, 2.45) is 17.8 Å². The summed E-state index contributed by atoms with van der Waals surface area (Å²) >= 11 is 0. The lowest BCUT2D eigenvalue weighted by Gasteiger charge is -2.24. The minimum atomic E-state index is 0.780. The van der Waals surface area contributed by atoms with Crippen LogP contribution in [0.3, 0.4) is 0 Å². The Hall–Kier alpha value is -0.0800. The summed E-state index contributed by atoms with van der Waals surface area (Å²) in [5, 5.41) is 3.60. The van der Waals surface area contributed by atoms with E-state index >= 15 is 0 Å². The summed E-state index contributed by atoms with van der Waals surface area (Å²) < 4.78 is 0. The lowest BCUT2D eigenvalue weighted by atomic mass is 10.1. The van der Waals surface area contributed by atoms with Crippen LogP contribution in [0, 0.1) is 17.8 Å². The normalized spacial score (nSPS) is 28.9. The molecule has 1 saturated carbocycles. The number of hydrogen-bond donors (Lipinski definition) is 1. The summed E-state index contributed by atoms with van der Waals surface area (Å²) in [6, 6.07) is 0.857. The SMILES string of the molecule is CC(C)CNCC1CCN(C(C)C2CC2)C1. The van der Waals surface area contributed by atoms with E-state index in [1.165, 1.54) is 45.4 Å². The van der Waals surface area contributed by atoms with Crippen molar-refractivity contribution >= 4 is 0 Å². The molecule has 1 saturated heterocycles. The van der Waals surface area contributed by atoms with Gasteiger partial charge in [-0.25, -0.2) is 0 Å². The van der Waals surface area contributed by atoms with Crippen molar-refractivity contribution in [3.05, 3.63) is 0 Å². The third-order valence-electron chi connectivity index (χ3n) is 4.18. The lowest BCUT2D eigenvalue weighted by molar-refractivity contribution is 0.225. The molecule has 0 aromatic carbocycles. The van der Waals surface area contributed by atoms with Crippen LogP contribution in [-0.4, -0.2) is 37.1 Å². The van der Waals surface area contributed by atoms with Gasteiger partial charge in [0.1, 0.15) is 0 Å². The van der Waals surface area contributed by atoms with Crippen molar-refractivity contribution in [3.8, 4) is 0 Å². The first-order chi connectivity index (χ1) is 7.66. The zero-order chi connectivity index (χ0) is 11.5. The molecule has 2 unspecified atom stereocenters. The minimum absolute atomic E-state index is 0.780. The van der Waals surface area contributed by atoms with Gasteiger partial charge in [-0.15, -0.1) is 0 Å². The highest BCUT2D eigenvalue weighted by Gasteiger charge is 2.35. The van der Waals surface area contributed by atoms with E-state index in [0.29, 0.717) is 0 Å². The van der Waals surface area contributed by atoms with Crippen LogP contribution in [0.4, 0.5) is 0 Å². The third kappa shape index (κ3) is 3.46. The Morgan fingerprint density at radius 2 is 1.94 bits per heavy atom. The van der Waals surface area contributed by atoms with E-state index in [4.69, 9.17) is 0 Å². The maximum absolute atomic E-state index is 3.60. The molecule has 1 N–H and O–H groups in total. The second-order valence-electron chi connectivity index (χ2n) is 6.28. The summed E-state index contributed by atoms with van der Waals surface area (Å²) in [5.41, 5.74) is 0. The fourth-order valence-corrected chi connectivity index (χ4v) is 2.85. The van der Waals surface area contributed by atoms with E-state index in [-0.39, 0.29) is 0 Å². The van der Waals surface area contributed by atoms with E-state index in [1.54, 1.807) is 0 Å².